The van der Waals surface area contributed by atoms with Gasteiger partial charge in [0.1, 0.15) is 0 Å². The molecule has 0 N–H and O–H groups in total. The number of rotatable bonds is 3. The van der Waals surface area contributed by atoms with E-state index in [1.54, 1.807) is 0 Å². The number of hydrogen-bond acceptors (Lipinski definition) is 1. The van der Waals surface area contributed by atoms with Crippen LogP contribution in [-0.4, -0.2) is 16.6 Å². The van der Waals surface area contributed by atoms with Gasteiger partial charge in [0.15, 0.2) is 0 Å². The fraction of sp³-hybridized carbons (Fsp3) is 1.00. The van der Waals surface area contributed by atoms with E-state index in [4.69, 9.17) is 0 Å². The van der Waals surface area contributed by atoms with Crippen molar-refractivity contribution in [1.82, 2.24) is 0 Å². The first-order valence-corrected chi connectivity index (χ1v) is 4.59. The fourth-order valence-electron chi connectivity index (χ4n) is 0.828. The van der Waals surface area contributed by atoms with Gasteiger partial charge in [-0.05, 0) is 6.42 Å². The maximum Gasteiger partial charge on any atom is 0.0832 e. The van der Waals surface area contributed by atoms with Crippen LogP contribution in [0.2, 0.25) is 0 Å². The molecule has 10 heavy (non-hydrogen) atoms. The van der Waals surface area contributed by atoms with Crippen molar-refractivity contribution in [3.8, 4) is 0 Å². The first kappa shape index (κ1) is 10.3. The van der Waals surface area contributed by atoms with Crippen LogP contribution in [0, 0.1) is 0 Å². The summed E-state index contributed by atoms with van der Waals surface area (Å²) in [4.78, 5) is 0. The van der Waals surface area contributed by atoms with Crippen molar-refractivity contribution in [2.75, 3.05) is 6.61 Å². The molecule has 2 heteroatoms. The molecule has 0 bridgehead atoms. The van der Waals surface area contributed by atoms with Gasteiger partial charge in [-0.25, -0.2) is 5.11 Å². The lowest BCUT2D eigenvalue weighted by Gasteiger charge is -2.21. The van der Waals surface area contributed by atoms with Gasteiger partial charge in [0, 0.05) is 10.00 Å². The summed E-state index contributed by atoms with van der Waals surface area (Å²) in [6.07, 6.45) is 0.794. The largest absolute Gasteiger partial charge is 0.237 e. The van der Waals surface area contributed by atoms with Gasteiger partial charge in [0.25, 0.3) is 0 Å². The maximum absolute atomic E-state index is 10.2. The van der Waals surface area contributed by atoms with E-state index in [1.165, 1.54) is 0 Å². The van der Waals surface area contributed by atoms with Crippen LogP contribution in [0.1, 0.15) is 34.1 Å². The highest BCUT2D eigenvalue weighted by Gasteiger charge is 2.14. The van der Waals surface area contributed by atoms with E-state index in [-0.39, 0.29) is 6.61 Å². The Labute approximate surface area is 68.2 Å². The highest BCUT2D eigenvalue weighted by molar-refractivity contribution is 8.01. The molecule has 0 heterocycles. The summed E-state index contributed by atoms with van der Waals surface area (Å²) >= 11 is 1.88. The Bertz CT molecular complexity index is 85.7. The van der Waals surface area contributed by atoms with Crippen LogP contribution >= 0.6 is 11.8 Å². The Kier molecular flexibility index (Phi) is 4.37. The third kappa shape index (κ3) is 6.43. The molecule has 0 aromatic carbocycles. The highest BCUT2D eigenvalue weighted by atomic mass is 32.2. The molecule has 0 rings (SSSR count). The monoisotopic (exact) mass is 161 g/mol. The second kappa shape index (κ2) is 4.24. The minimum Gasteiger partial charge on any atom is -0.237 e. The molecule has 0 aromatic heterocycles. The summed E-state index contributed by atoms with van der Waals surface area (Å²) < 4.78 is 0.300. The van der Waals surface area contributed by atoms with E-state index in [0.29, 0.717) is 10.00 Å². The molecule has 1 radical (unpaired) electrons. The van der Waals surface area contributed by atoms with Gasteiger partial charge in [-0.15, -0.1) is 0 Å². The molecule has 0 saturated carbocycles. The van der Waals surface area contributed by atoms with Gasteiger partial charge in [0.05, 0.1) is 6.61 Å². The standard InChI is InChI=1S/C8H17OS/c1-7(5-6-9)10-8(2,3)4/h7H,5-6H2,1-4H3. The van der Waals surface area contributed by atoms with Gasteiger partial charge in [-0.3, -0.25) is 0 Å². The minimum atomic E-state index is 0.0598. The smallest absolute Gasteiger partial charge is 0.0832 e. The summed E-state index contributed by atoms with van der Waals surface area (Å²) in [6.45, 7) is 8.72. The van der Waals surface area contributed by atoms with Crippen molar-refractivity contribution < 1.29 is 5.11 Å². The van der Waals surface area contributed by atoms with Gasteiger partial charge < -0.3 is 0 Å². The zero-order valence-electron chi connectivity index (χ0n) is 7.31. The normalized spacial score (nSPS) is 15.3. The summed E-state index contributed by atoms with van der Waals surface area (Å²) in [6, 6.07) is 0. The molecule has 0 saturated heterocycles. The Balaban J connectivity index is 3.47. The van der Waals surface area contributed by atoms with Crippen LogP contribution in [0.4, 0.5) is 0 Å². The predicted molar refractivity (Wildman–Crippen MR) is 47.0 cm³/mol. The van der Waals surface area contributed by atoms with Crippen molar-refractivity contribution in [3.05, 3.63) is 0 Å². The first-order valence-electron chi connectivity index (χ1n) is 3.71. The second-order valence-corrected chi connectivity index (χ2v) is 5.80. The lowest BCUT2D eigenvalue weighted by molar-refractivity contribution is 0.189. The topological polar surface area (TPSA) is 19.9 Å². The summed E-state index contributed by atoms with van der Waals surface area (Å²) in [5.74, 6) is 0. The number of thioether (sulfide) groups is 1. The van der Waals surface area contributed by atoms with E-state index in [0.717, 1.165) is 6.42 Å². The molecular formula is C8H17OS. The van der Waals surface area contributed by atoms with Crippen LogP contribution in [0.15, 0.2) is 0 Å². The average Bonchev–Trinajstić information content (AvgIpc) is 1.59. The quantitative estimate of drug-likeness (QED) is 0.623. The molecule has 0 aromatic rings. The van der Waals surface area contributed by atoms with Gasteiger partial charge >= 0.3 is 0 Å². The minimum absolute atomic E-state index is 0.0598. The van der Waals surface area contributed by atoms with Crippen molar-refractivity contribution in [2.24, 2.45) is 0 Å². The molecule has 1 atom stereocenters. The summed E-state index contributed by atoms with van der Waals surface area (Å²) in [5, 5.41) is 10.7. The summed E-state index contributed by atoms with van der Waals surface area (Å²) in [7, 11) is 0. The molecule has 0 amide bonds. The molecule has 1 nitrogen and oxygen atoms in total. The lowest BCUT2D eigenvalue weighted by Crippen LogP contribution is -2.13. The zero-order chi connectivity index (χ0) is 8.20. The van der Waals surface area contributed by atoms with Crippen LogP contribution in [-0.2, 0) is 5.11 Å². The number of hydrogen-bond donors (Lipinski definition) is 0. The van der Waals surface area contributed by atoms with E-state index in [2.05, 4.69) is 27.7 Å². The fourth-order valence-corrected chi connectivity index (χ4v) is 2.25. The molecule has 0 spiro atoms. The molecule has 0 fully saturated rings. The molecule has 61 valence electrons. The van der Waals surface area contributed by atoms with E-state index >= 15 is 0 Å². The van der Waals surface area contributed by atoms with E-state index < -0.39 is 0 Å². The van der Waals surface area contributed by atoms with Crippen LogP contribution in [0.3, 0.4) is 0 Å². The van der Waals surface area contributed by atoms with Crippen molar-refractivity contribution in [2.45, 2.75) is 44.1 Å². The van der Waals surface area contributed by atoms with E-state index in [9.17, 15) is 5.11 Å². The Morgan fingerprint density at radius 1 is 1.40 bits per heavy atom. The van der Waals surface area contributed by atoms with Crippen LogP contribution in [0.25, 0.3) is 0 Å². The van der Waals surface area contributed by atoms with E-state index in [1.807, 2.05) is 11.8 Å². The third-order valence-corrected chi connectivity index (χ3v) is 2.42. The van der Waals surface area contributed by atoms with Gasteiger partial charge in [-0.1, -0.05) is 27.7 Å². The Morgan fingerprint density at radius 2 is 1.90 bits per heavy atom. The zero-order valence-corrected chi connectivity index (χ0v) is 8.12. The Morgan fingerprint density at radius 3 is 2.20 bits per heavy atom. The molecule has 0 aliphatic heterocycles. The Hall–Kier alpha value is 0.310. The van der Waals surface area contributed by atoms with Crippen molar-refractivity contribution >= 4 is 11.8 Å². The average molecular weight is 161 g/mol. The molecular weight excluding hydrogens is 144 g/mol. The van der Waals surface area contributed by atoms with Gasteiger partial charge in [0.2, 0.25) is 0 Å². The molecule has 1 unspecified atom stereocenters. The third-order valence-electron chi connectivity index (χ3n) is 1.08. The maximum atomic E-state index is 10.2. The molecule has 0 aliphatic carbocycles. The lowest BCUT2D eigenvalue weighted by atomic mass is 10.3. The molecule has 0 aliphatic rings. The highest BCUT2D eigenvalue weighted by Crippen LogP contribution is 2.29. The SMILES string of the molecule is CC(CC[O])SC(C)(C)C. The van der Waals surface area contributed by atoms with Crippen molar-refractivity contribution in [1.29, 1.82) is 0 Å². The second-order valence-electron chi connectivity index (χ2n) is 3.53. The van der Waals surface area contributed by atoms with Crippen LogP contribution < -0.4 is 0 Å². The predicted octanol–water partition coefficient (Wildman–Crippen LogP) is 2.73. The van der Waals surface area contributed by atoms with Gasteiger partial charge in [-0.2, -0.15) is 11.8 Å². The summed E-state index contributed by atoms with van der Waals surface area (Å²) in [5.41, 5.74) is 0. The first-order chi connectivity index (χ1) is 4.45. The van der Waals surface area contributed by atoms with Crippen molar-refractivity contribution in [3.63, 3.8) is 0 Å². The van der Waals surface area contributed by atoms with Crippen LogP contribution in [0.5, 0.6) is 0 Å².